The molecule has 0 radical (unpaired) electrons. The van der Waals surface area contributed by atoms with Gasteiger partial charge >= 0.3 is 0 Å². The second-order valence-electron chi connectivity index (χ2n) is 3.78. The van der Waals surface area contributed by atoms with E-state index in [9.17, 15) is 9.59 Å². The fourth-order valence-corrected chi connectivity index (χ4v) is 1.50. The molecule has 0 saturated carbocycles. The van der Waals surface area contributed by atoms with Crippen molar-refractivity contribution in [3.05, 3.63) is 35.4 Å². The van der Waals surface area contributed by atoms with Crippen LogP contribution in [0.3, 0.4) is 0 Å². The third-order valence-electron chi connectivity index (χ3n) is 2.42. The minimum Gasteiger partial charge on any atom is -0.389 e. The molecule has 5 nitrogen and oxygen atoms in total. The topological polar surface area (TPSA) is 75.4 Å². The van der Waals surface area contributed by atoms with E-state index in [4.69, 9.17) is 18.0 Å². The van der Waals surface area contributed by atoms with Crippen molar-refractivity contribution in [3.8, 4) is 0 Å². The van der Waals surface area contributed by atoms with E-state index in [1.54, 1.807) is 31.3 Å². The van der Waals surface area contributed by atoms with Crippen LogP contribution in [0.25, 0.3) is 0 Å². The lowest BCUT2D eigenvalue weighted by atomic mass is 10.1. The maximum absolute atomic E-state index is 12.0. The number of amides is 2. The predicted octanol–water partition coefficient (Wildman–Crippen LogP) is 0.139. The molecule has 3 N–H and O–H groups in total. The first kappa shape index (κ1) is 14.1. The Balaban J connectivity index is 2.77. The van der Waals surface area contributed by atoms with Crippen LogP contribution in [0.4, 0.5) is 0 Å². The summed E-state index contributed by atoms with van der Waals surface area (Å²) in [6, 6.07) is 6.64. The maximum atomic E-state index is 12.0. The minimum atomic E-state index is -0.229. The predicted molar refractivity (Wildman–Crippen MR) is 73.4 cm³/mol. The summed E-state index contributed by atoms with van der Waals surface area (Å²) in [5, 5.41) is 2.46. The van der Waals surface area contributed by atoms with Gasteiger partial charge in [0.25, 0.3) is 5.91 Å². The van der Waals surface area contributed by atoms with Crippen molar-refractivity contribution >= 4 is 29.0 Å². The van der Waals surface area contributed by atoms with Gasteiger partial charge in [0, 0.05) is 25.2 Å². The molecule has 0 fully saturated rings. The Morgan fingerprint density at radius 3 is 2.22 bits per heavy atom. The molecule has 96 valence electrons. The standard InChI is InChI=1S/C12H15N3O2S/c1-14-10(16)7-15(2)12(17)9-5-3-8(4-6-9)11(13)18/h3-6H,7H2,1-2H3,(H2,13,18)(H,14,16). The Hall–Kier alpha value is -1.95. The van der Waals surface area contributed by atoms with Gasteiger partial charge in [-0.2, -0.15) is 0 Å². The number of nitrogens with one attached hydrogen (secondary N) is 1. The molecule has 0 aliphatic heterocycles. The molecule has 0 aliphatic rings. The Labute approximate surface area is 111 Å². The Bertz CT molecular complexity index is 471. The highest BCUT2D eigenvalue weighted by atomic mass is 32.1. The van der Waals surface area contributed by atoms with Gasteiger partial charge in [-0.25, -0.2) is 0 Å². The van der Waals surface area contributed by atoms with Crippen LogP contribution < -0.4 is 11.1 Å². The van der Waals surface area contributed by atoms with Crippen LogP contribution >= 0.6 is 12.2 Å². The van der Waals surface area contributed by atoms with E-state index >= 15 is 0 Å². The Kier molecular flexibility index (Phi) is 4.79. The van der Waals surface area contributed by atoms with E-state index in [2.05, 4.69) is 5.32 Å². The Morgan fingerprint density at radius 2 is 1.78 bits per heavy atom. The summed E-state index contributed by atoms with van der Waals surface area (Å²) < 4.78 is 0. The van der Waals surface area contributed by atoms with Gasteiger partial charge in [-0.05, 0) is 12.1 Å². The molecule has 18 heavy (non-hydrogen) atoms. The Morgan fingerprint density at radius 1 is 1.28 bits per heavy atom. The zero-order valence-corrected chi connectivity index (χ0v) is 11.1. The number of benzene rings is 1. The van der Waals surface area contributed by atoms with Gasteiger partial charge in [0.15, 0.2) is 0 Å². The second kappa shape index (κ2) is 6.11. The van der Waals surface area contributed by atoms with E-state index in [1.165, 1.54) is 11.9 Å². The van der Waals surface area contributed by atoms with E-state index in [-0.39, 0.29) is 23.3 Å². The van der Waals surface area contributed by atoms with Crippen LogP contribution in [-0.4, -0.2) is 42.3 Å². The summed E-state index contributed by atoms with van der Waals surface area (Å²) in [6.45, 7) is 0.0202. The first-order chi connectivity index (χ1) is 8.45. The van der Waals surface area contributed by atoms with E-state index < -0.39 is 0 Å². The number of carbonyl (C=O) groups excluding carboxylic acids is 2. The van der Waals surface area contributed by atoms with Crippen molar-refractivity contribution in [1.82, 2.24) is 10.2 Å². The van der Waals surface area contributed by atoms with Gasteiger partial charge in [-0.15, -0.1) is 0 Å². The van der Waals surface area contributed by atoms with Gasteiger partial charge < -0.3 is 16.0 Å². The van der Waals surface area contributed by atoms with Gasteiger partial charge in [0.2, 0.25) is 5.91 Å². The number of likely N-dealkylation sites (N-methyl/N-ethyl adjacent to an activating group) is 2. The van der Waals surface area contributed by atoms with Crippen LogP contribution in [0.2, 0.25) is 0 Å². The van der Waals surface area contributed by atoms with Gasteiger partial charge in [0.05, 0.1) is 6.54 Å². The monoisotopic (exact) mass is 265 g/mol. The van der Waals surface area contributed by atoms with Crippen molar-refractivity contribution in [2.45, 2.75) is 0 Å². The summed E-state index contributed by atoms with van der Waals surface area (Å²) >= 11 is 4.82. The lowest BCUT2D eigenvalue weighted by Crippen LogP contribution is -2.36. The van der Waals surface area contributed by atoms with Crippen LogP contribution in [0, 0.1) is 0 Å². The summed E-state index contributed by atoms with van der Waals surface area (Å²) in [4.78, 5) is 24.7. The lowest BCUT2D eigenvalue weighted by molar-refractivity contribution is -0.121. The average Bonchev–Trinajstić information content (AvgIpc) is 2.37. The molecule has 0 saturated heterocycles. The van der Waals surface area contributed by atoms with Gasteiger partial charge in [-0.1, -0.05) is 24.4 Å². The molecular formula is C12H15N3O2S. The van der Waals surface area contributed by atoms with Crippen LogP contribution in [0.15, 0.2) is 24.3 Å². The summed E-state index contributed by atoms with van der Waals surface area (Å²) in [5.74, 6) is -0.446. The number of rotatable bonds is 4. The van der Waals surface area contributed by atoms with Crippen LogP contribution in [-0.2, 0) is 4.79 Å². The van der Waals surface area contributed by atoms with Crippen LogP contribution in [0.5, 0.6) is 0 Å². The number of nitrogens with two attached hydrogens (primary N) is 1. The second-order valence-corrected chi connectivity index (χ2v) is 4.22. The molecule has 0 aromatic heterocycles. The molecule has 1 rings (SSSR count). The zero-order valence-electron chi connectivity index (χ0n) is 10.3. The highest BCUT2D eigenvalue weighted by molar-refractivity contribution is 7.80. The summed E-state index contributed by atoms with van der Waals surface area (Å²) in [6.07, 6.45) is 0. The van der Waals surface area contributed by atoms with E-state index in [1.807, 2.05) is 0 Å². The first-order valence-electron chi connectivity index (χ1n) is 5.31. The van der Waals surface area contributed by atoms with Crippen molar-refractivity contribution in [3.63, 3.8) is 0 Å². The number of hydrogen-bond acceptors (Lipinski definition) is 3. The smallest absolute Gasteiger partial charge is 0.254 e. The first-order valence-corrected chi connectivity index (χ1v) is 5.72. The van der Waals surface area contributed by atoms with E-state index in [0.29, 0.717) is 11.1 Å². The fourth-order valence-electron chi connectivity index (χ4n) is 1.36. The molecule has 1 aromatic carbocycles. The molecule has 0 heterocycles. The fraction of sp³-hybridized carbons (Fsp3) is 0.250. The zero-order chi connectivity index (χ0) is 13.7. The van der Waals surface area contributed by atoms with Gasteiger partial charge in [0.1, 0.15) is 4.99 Å². The highest BCUT2D eigenvalue weighted by Gasteiger charge is 2.14. The average molecular weight is 265 g/mol. The minimum absolute atomic E-state index is 0.0202. The number of thiocarbonyl (C=S) groups is 1. The third-order valence-corrected chi connectivity index (χ3v) is 2.66. The van der Waals surface area contributed by atoms with Crippen molar-refractivity contribution in [2.75, 3.05) is 20.6 Å². The van der Waals surface area contributed by atoms with Crippen LogP contribution in [0.1, 0.15) is 15.9 Å². The lowest BCUT2D eigenvalue weighted by Gasteiger charge is -2.16. The molecule has 2 amide bonds. The molecule has 0 unspecified atom stereocenters. The van der Waals surface area contributed by atoms with Gasteiger partial charge in [-0.3, -0.25) is 9.59 Å². The molecule has 1 aromatic rings. The van der Waals surface area contributed by atoms with Crippen molar-refractivity contribution < 1.29 is 9.59 Å². The normalized spacial score (nSPS) is 9.67. The van der Waals surface area contributed by atoms with Crippen molar-refractivity contribution in [2.24, 2.45) is 5.73 Å². The highest BCUT2D eigenvalue weighted by Crippen LogP contribution is 2.07. The summed E-state index contributed by atoms with van der Waals surface area (Å²) in [5.41, 5.74) is 6.66. The molecule has 6 heteroatoms. The quantitative estimate of drug-likeness (QED) is 0.759. The maximum Gasteiger partial charge on any atom is 0.254 e. The largest absolute Gasteiger partial charge is 0.389 e. The number of hydrogen-bond donors (Lipinski definition) is 2. The third kappa shape index (κ3) is 3.53. The number of nitrogens with zero attached hydrogens (tertiary/aromatic N) is 1. The van der Waals surface area contributed by atoms with E-state index in [0.717, 1.165) is 0 Å². The number of carbonyl (C=O) groups is 2. The SMILES string of the molecule is CNC(=O)CN(C)C(=O)c1ccc(C(N)=S)cc1. The molecule has 0 bridgehead atoms. The molecule has 0 aliphatic carbocycles. The van der Waals surface area contributed by atoms with Crippen molar-refractivity contribution in [1.29, 1.82) is 0 Å². The molecule has 0 spiro atoms. The molecular weight excluding hydrogens is 250 g/mol. The summed E-state index contributed by atoms with van der Waals surface area (Å²) in [7, 11) is 3.09. The molecule has 0 atom stereocenters.